The van der Waals surface area contributed by atoms with Crippen molar-refractivity contribution in [2.75, 3.05) is 0 Å². The number of thioether (sulfide) groups is 1. The Balaban J connectivity index is 1.98. The molecular formula is C19H22N4O3S. The molecule has 3 aromatic rings. The number of hydrogen-bond acceptors (Lipinski definition) is 5. The average Bonchev–Trinajstić information content (AvgIpc) is 3.02. The quantitative estimate of drug-likeness (QED) is 0.703. The van der Waals surface area contributed by atoms with Crippen LogP contribution in [-0.4, -0.2) is 24.2 Å². The molecule has 7 nitrogen and oxygen atoms in total. The molecule has 0 amide bonds. The van der Waals surface area contributed by atoms with Gasteiger partial charge in [-0.2, -0.15) is 0 Å². The Morgan fingerprint density at radius 3 is 2.59 bits per heavy atom. The van der Waals surface area contributed by atoms with Crippen LogP contribution >= 0.6 is 11.8 Å². The molecule has 0 unspecified atom stereocenters. The molecule has 1 N–H and O–H groups in total. The zero-order valence-corrected chi connectivity index (χ0v) is 16.4. The number of hydrogen-bond donors (Lipinski definition) is 1. The molecule has 3 rings (SSSR count). The molecule has 0 fully saturated rings. The van der Waals surface area contributed by atoms with Crippen molar-refractivity contribution in [2.45, 2.75) is 32.6 Å². The second-order valence-electron chi connectivity index (χ2n) is 6.79. The minimum absolute atomic E-state index is 0.0548. The Kier molecular flexibility index (Phi) is 5.65. The van der Waals surface area contributed by atoms with Crippen LogP contribution in [0.15, 0.2) is 39.9 Å². The van der Waals surface area contributed by atoms with Gasteiger partial charge in [0.1, 0.15) is 5.82 Å². The van der Waals surface area contributed by atoms with Crippen LogP contribution in [0.4, 0.5) is 0 Å². The van der Waals surface area contributed by atoms with Crippen molar-refractivity contribution in [3.05, 3.63) is 62.6 Å². The second kappa shape index (κ2) is 7.96. The van der Waals surface area contributed by atoms with Gasteiger partial charge in [0.25, 0.3) is 5.56 Å². The first-order chi connectivity index (χ1) is 12.9. The van der Waals surface area contributed by atoms with Crippen molar-refractivity contribution < 1.29 is 4.79 Å². The molecule has 0 bridgehead atoms. The Morgan fingerprint density at radius 2 is 1.93 bits per heavy atom. The minimum atomic E-state index is -0.499. The van der Waals surface area contributed by atoms with Crippen LogP contribution in [-0.2, 0) is 19.3 Å². The summed E-state index contributed by atoms with van der Waals surface area (Å²) in [6.45, 7) is 4.81. The average molecular weight is 386 g/mol. The molecule has 0 saturated carbocycles. The Hall–Kier alpha value is -2.61. The standard InChI is InChI=1S/C19H22N4O3S/c1-12(2)9-10-23-14(11-27-18(25)13-7-5-4-6-8-13)20-16-15(23)17(24)21-19(26)22(16)3/h4-8,12H,9-11H2,1-3H3,(H,21,24,26). The van der Waals surface area contributed by atoms with E-state index < -0.39 is 11.2 Å². The van der Waals surface area contributed by atoms with E-state index in [9.17, 15) is 14.4 Å². The molecule has 8 heteroatoms. The number of imidazole rings is 1. The molecule has 0 atom stereocenters. The van der Waals surface area contributed by atoms with E-state index in [-0.39, 0.29) is 5.12 Å². The third kappa shape index (κ3) is 4.05. The summed E-state index contributed by atoms with van der Waals surface area (Å²) in [6.07, 6.45) is 0.859. The molecule has 0 spiro atoms. The molecule has 0 aliphatic rings. The largest absolute Gasteiger partial charge is 0.329 e. The lowest BCUT2D eigenvalue weighted by atomic mass is 10.1. The number of rotatable bonds is 6. The van der Waals surface area contributed by atoms with E-state index in [4.69, 9.17) is 0 Å². The van der Waals surface area contributed by atoms with Gasteiger partial charge in [-0.25, -0.2) is 9.78 Å². The summed E-state index contributed by atoms with van der Waals surface area (Å²) >= 11 is 1.14. The summed E-state index contributed by atoms with van der Waals surface area (Å²) in [6, 6.07) is 9.04. The van der Waals surface area contributed by atoms with Gasteiger partial charge in [-0.05, 0) is 12.3 Å². The van der Waals surface area contributed by atoms with Gasteiger partial charge in [0.05, 0.1) is 5.75 Å². The summed E-state index contributed by atoms with van der Waals surface area (Å²) in [4.78, 5) is 43.5. The van der Waals surface area contributed by atoms with Crippen LogP contribution < -0.4 is 11.2 Å². The third-order valence-electron chi connectivity index (χ3n) is 4.36. The van der Waals surface area contributed by atoms with E-state index in [0.29, 0.717) is 40.8 Å². The lowest BCUT2D eigenvalue weighted by Crippen LogP contribution is -2.29. The Morgan fingerprint density at radius 1 is 1.22 bits per heavy atom. The van der Waals surface area contributed by atoms with Gasteiger partial charge < -0.3 is 4.57 Å². The first kappa shape index (κ1) is 19.2. The number of benzene rings is 1. The Bertz CT molecular complexity index is 1080. The highest BCUT2D eigenvalue weighted by Gasteiger charge is 2.18. The van der Waals surface area contributed by atoms with Gasteiger partial charge in [0, 0.05) is 19.2 Å². The maximum Gasteiger partial charge on any atom is 0.329 e. The van der Waals surface area contributed by atoms with Crippen LogP contribution in [0.1, 0.15) is 36.5 Å². The molecule has 1 aromatic carbocycles. The molecular weight excluding hydrogens is 364 g/mol. The van der Waals surface area contributed by atoms with Crippen molar-refractivity contribution in [1.29, 1.82) is 0 Å². The van der Waals surface area contributed by atoms with Crippen molar-refractivity contribution in [3.8, 4) is 0 Å². The number of aromatic amines is 1. The normalized spacial score (nSPS) is 11.4. The van der Waals surface area contributed by atoms with Crippen molar-refractivity contribution >= 4 is 28.0 Å². The first-order valence-electron chi connectivity index (χ1n) is 8.79. The summed E-state index contributed by atoms with van der Waals surface area (Å²) in [5, 5.41) is -0.0548. The Labute approximate surface area is 160 Å². The minimum Gasteiger partial charge on any atom is -0.321 e. The molecule has 27 heavy (non-hydrogen) atoms. The topological polar surface area (TPSA) is 89.8 Å². The highest BCUT2D eigenvalue weighted by molar-refractivity contribution is 8.13. The summed E-state index contributed by atoms with van der Waals surface area (Å²) in [7, 11) is 1.58. The monoisotopic (exact) mass is 386 g/mol. The molecule has 0 radical (unpaired) electrons. The third-order valence-corrected chi connectivity index (χ3v) is 5.26. The summed E-state index contributed by atoms with van der Waals surface area (Å²) in [5.74, 6) is 1.39. The molecule has 0 saturated heterocycles. The van der Waals surface area contributed by atoms with E-state index in [2.05, 4.69) is 23.8 Å². The van der Waals surface area contributed by atoms with E-state index in [1.54, 1.807) is 19.2 Å². The van der Waals surface area contributed by atoms with Crippen LogP contribution in [0.3, 0.4) is 0 Å². The number of nitrogens with zero attached hydrogens (tertiary/aromatic N) is 3. The number of nitrogens with one attached hydrogen (secondary N) is 1. The predicted octanol–water partition coefficient (Wildman–Crippen LogP) is 2.54. The highest BCUT2D eigenvalue weighted by Crippen LogP contribution is 2.21. The van der Waals surface area contributed by atoms with Crippen molar-refractivity contribution in [1.82, 2.24) is 19.1 Å². The maximum absolute atomic E-state index is 12.4. The fourth-order valence-electron chi connectivity index (χ4n) is 2.81. The molecule has 2 aromatic heterocycles. The van der Waals surface area contributed by atoms with E-state index in [0.717, 1.165) is 18.2 Å². The predicted molar refractivity (Wildman–Crippen MR) is 107 cm³/mol. The fraction of sp³-hybridized carbons (Fsp3) is 0.368. The van der Waals surface area contributed by atoms with Crippen LogP contribution in [0.5, 0.6) is 0 Å². The number of aryl methyl sites for hydroxylation is 2. The van der Waals surface area contributed by atoms with Gasteiger partial charge in [-0.3, -0.25) is 19.1 Å². The highest BCUT2D eigenvalue weighted by atomic mass is 32.2. The molecule has 0 aliphatic carbocycles. The lowest BCUT2D eigenvalue weighted by molar-refractivity contribution is 0.108. The van der Waals surface area contributed by atoms with Crippen molar-refractivity contribution in [2.24, 2.45) is 13.0 Å². The van der Waals surface area contributed by atoms with Gasteiger partial charge in [-0.1, -0.05) is 55.9 Å². The van der Waals surface area contributed by atoms with E-state index >= 15 is 0 Å². The maximum atomic E-state index is 12.4. The van der Waals surface area contributed by atoms with Gasteiger partial charge in [0.15, 0.2) is 11.2 Å². The smallest absolute Gasteiger partial charge is 0.321 e. The first-order valence-corrected chi connectivity index (χ1v) is 9.77. The SMILES string of the molecule is CC(C)CCn1c(CSC(=O)c2ccccc2)nc2c1c(=O)[nH]c(=O)n2C. The van der Waals surface area contributed by atoms with Crippen LogP contribution in [0.25, 0.3) is 11.2 Å². The van der Waals surface area contributed by atoms with Crippen LogP contribution in [0, 0.1) is 5.92 Å². The van der Waals surface area contributed by atoms with Gasteiger partial charge in [0.2, 0.25) is 5.12 Å². The van der Waals surface area contributed by atoms with Gasteiger partial charge >= 0.3 is 5.69 Å². The molecule has 2 heterocycles. The summed E-state index contributed by atoms with van der Waals surface area (Å²) in [5.41, 5.74) is 0.393. The number of carbonyl (C=O) groups is 1. The van der Waals surface area contributed by atoms with Gasteiger partial charge in [-0.15, -0.1) is 0 Å². The second-order valence-corrected chi connectivity index (χ2v) is 7.74. The summed E-state index contributed by atoms with van der Waals surface area (Å²) < 4.78 is 3.16. The zero-order valence-electron chi connectivity index (χ0n) is 15.6. The zero-order chi connectivity index (χ0) is 19.6. The van der Waals surface area contributed by atoms with Crippen molar-refractivity contribution in [3.63, 3.8) is 0 Å². The van der Waals surface area contributed by atoms with E-state index in [1.165, 1.54) is 4.57 Å². The number of aromatic nitrogens is 4. The molecule has 0 aliphatic heterocycles. The number of H-pyrrole nitrogens is 1. The lowest BCUT2D eigenvalue weighted by Gasteiger charge is -2.10. The van der Waals surface area contributed by atoms with E-state index in [1.807, 2.05) is 22.8 Å². The number of fused-ring (bicyclic) bond motifs is 1. The number of carbonyl (C=O) groups excluding carboxylic acids is 1. The molecule has 142 valence electrons. The fourth-order valence-corrected chi connectivity index (χ4v) is 3.59. The van der Waals surface area contributed by atoms with Crippen LogP contribution in [0.2, 0.25) is 0 Å².